The molecule has 1 amide bonds. The van der Waals surface area contributed by atoms with Crippen LogP contribution in [0.1, 0.15) is 46.6 Å². The van der Waals surface area contributed by atoms with Crippen molar-refractivity contribution < 1.29 is 13.2 Å². The average molecular weight is 536 g/mol. The molecule has 0 spiro atoms. The van der Waals surface area contributed by atoms with Crippen molar-refractivity contribution >= 4 is 33.5 Å². The standard InChI is InChI=1S/C28H33N5O4S/c1-8-9-22-23(27(34)29-16-24-18(4)14-19(5)30-28(24)35)15-25(31-26(22)33(6)17(2)3)20-10-12-21(13-11-20)32-38(7,36)37/h9-15,17,32H,1,16H2,2-7H3,(H,29,34)(H,30,35). The molecule has 0 unspecified atom stereocenters. The van der Waals surface area contributed by atoms with Crippen LogP contribution in [0.2, 0.25) is 0 Å². The van der Waals surface area contributed by atoms with Gasteiger partial charge in [-0.1, -0.05) is 18.7 Å². The Labute approximate surface area is 223 Å². The lowest BCUT2D eigenvalue weighted by molar-refractivity contribution is 0.0950. The number of aromatic amines is 1. The molecule has 0 aliphatic heterocycles. The maximum Gasteiger partial charge on any atom is 0.253 e. The molecule has 38 heavy (non-hydrogen) atoms. The Balaban J connectivity index is 2.10. The highest BCUT2D eigenvalue weighted by atomic mass is 32.2. The van der Waals surface area contributed by atoms with Crippen molar-refractivity contribution in [2.75, 3.05) is 22.9 Å². The largest absolute Gasteiger partial charge is 0.357 e. The van der Waals surface area contributed by atoms with E-state index in [4.69, 9.17) is 4.98 Å². The summed E-state index contributed by atoms with van der Waals surface area (Å²) in [6.07, 6.45) is 2.70. The molecule has 0 aliphatic carbocycles. The lowest BCUT2D eigenvalue weighted by Gasteiger charge is -2.26. The fraction of sp³-hybridized carbons (Fsp3) is 0.286. The molecule has 0 bridgehead atoms. The van der Waals surface area contributed by atoms with Crippen molar-refractivity contribution in [3.8, 4) is 11.3 Å². The van der Waals surface area contributed by atoms with Crippen LogP contribution >= 0.6 is 0 Å². The quantitative estimate of drug-likeness (QED) is 0.356. The van der Waals surface area contributed by atoms with Gasteiger partial charge in [0.1, 0.15) is 5.82 Å². The molecule has 0 atom stereocenters. The number of hydrogen-bond acceptors (Lipinski definition) is 6. The summed E-state index contributed by atoms with van der Waals surface area (Å²) in [5.41, 5.74) is 7.05. The molecule has 0 radical (unpaired) electrons. The van der Waals surface area contributed by atoms with Gasteiger partial charge in [-0.3, -0.25) is 14.3 Å². The second kappa shape index (κ2) is 11.5. The Hall–Kier alpha value is -4.14. The molecule has 9 nitrogen and oxygen atoms in total. The predicted molar refractivity (Wildman–Crippen MR) is 153 cm³/mol. The summed E-state index contributed by atoms with van der Waals surface area (Å²) < 4.78 is 25.6. The van der Waals surface area contributed by atoms with E-state index in [1.807, 2.05) is 38.8 Å². The van der Waals surface area contributed by atoms with E-state index in [9.17, 15) is 18.0 Å². The molecule has 0 fully saturated rings. The first-order chi connectivity index (χ1) is 17.8. The molecule has 0 aliphatic rings. The molecule has 0 saturated carbocycles. The van der Waals surface area contributed by atoms with Crippen LogP contribution in [-0.2, 0) is 16.6 Å². The first-order valence-corrected chi connectivity index (χ1v) is 13.9. The number of carbonyl (C=O) groups excluding carboxylic acids is 1. The molecule has 10 heteroatoms. The predicted octanol–water partition coefficient (Wildman–Crippen LogP) is 4.00. The van der Waals surface area contributed by atoms with Gasteiger partial charge in [0, 0.05) is 47.7 Å². The van der Waals surface area contributed by atoms with Crippen LogP contribution in [-0.4, -0.2) is 43.6 Å². The van der Waals surface area contributed by atoms with Crippen molar-refractivity contribution in [1.82, 2.24) is 15.3 Å². The normalized spacial score (nSPS) is 11.1. The number of benzene rings is 1. The molecule has 3 rings (SSSR count). The van der Waals surface area contributed by atoms with Crippen molar-refractivity contribution in [3.05, 3.63) is 87.0 Å². The van der Waals surface area contributed by atoms with Crippen LogP contribution in [0.15, 0.2) is 53.5 Å². The molecule has 200 valence electrons. The summed E-state index contributed by atoms with van der Waals surface area (Å²) in [6.45, 7) is 11.4. The topological polar surface area (TPSA) is 124 Å². The van der Waals surface area contributed by atoms with E-state index in [0.29, 0.717) is 39.5 Å². The third-order valence-electron chi connectivity index (χ3n) is 6.04. The summed E-state index contributed by atoms with van der Waals surface area (Å²) >= 11 is 0. The first-order valence-electron chi connectivity index (χ1n) is 12.0. The third kappa shape index (κ3) is 6.79. The van der Waals surface area contributed by atoms with E-state index < -0.39 is 10.0 Å². The fourth-order valence-electron chi connectivity index (χ4n) is 3.92. The summed E-state index contributed by atoms with van der Waals surface area (Å²) in [6, 6.07) is 10.3. The Bertz CT molecular complexity index is 1570. The third-order valence-corrected chi connectivity index (χ3v) is 6.65. The number of H-pyrrole nitrogens is 1. The Kier molecular flexibility index (Phi) is 8.60. The van der Waals surface area contributed by atoms with Gasteiger partial charge in [-0.15, -0.1) is 5.73 Å². The van der Waals surface area contributed by atoms with Gasteiger partial charge in [0.25, 0.3) is 11.5 Å². The second-order valence-electron chi connectivity index (χ2n) is 9.42. The molecule has 3 N–H and O–H groups in total. The number of sulfonamides is 1. The van der Waals surface area contributed by atoms with Crippen LogP contribution in [0.25, 0.3) is 17.3 Å². The number of pyridine rings is 2. The van der Waals surface area contributed by atoms with Gasteiger partial charge in [0.2, 0.25) is 10.0 Å². The maximum absolute atomic E-state index is 13.5. The maximum atomic E-state index is 13.5. The fourth-order valence-corrected chi connectivity index (χ4v) is 4.49. The number of hydrogen-bond donors (Lipinski definition) is 3. The van der Waals surface area contributed by atoms with E-state index in [-0.39, 0.29) is 24.1 Å². The SMILES string of the molecule is C=C=Cc1c(C(=O)NCc2c(C)cc(C)[nH]c2=O)cc(-c2ccc(NS(C)(=O)=O)cc2)nc1N(C)C(C)C. The van der Waals surface area contributed by atoms with Gasteiger partial charge in [-0.25, -0.2) is 13.4 Å². The molecule has 0 saturated heterocycles. The summed E-state index contributed by atoms with van der Waals surface area (Å²) in [5.74, 6) is 0.171. The van der Waals surface area contributed by atoms with Gasteiger partial charge in [0.05, 0.1) is 17.5 Å². The van der Waals surface area contributed by atoms with E-state index in [0.717, 1.165) is 17.5 Å². The molecule has 2 heterocycles. The molecular formula is C28H33N5O4S. The van der Waals surface area contributed by atoms with Gasteiger partial charge in [-0.2, -0.15) is 0 Å². The number of amides is 1. The van der Waals surface area contributed by atoms with Crippen LogP contribution in [0, 0.1) is 13.8 Å². The second-order valence-corrected chi connectivity index (χ2v) is 11.2. The molecule has 3 aromatic rings. The number of aryl methyl sites for hydroxylation is 2. The molecular weight excluding hydrogens is 502 g/mol. The van der Waals surface area contributed by atoms with Crippen molar-refractivity contribution in [3.63, 3.8) is 0 Å². The summed E-state index contributed by atoms with van der Waals surface area (Å²) in [4.78, 5) is 35.5. The van der Waals surface area contributed by atoms with E-state index >= 15 is 0 Å². The first kappa shape index (κ1) is 28.4. The highest BCUT2D eigenvalue weighted by molar-refractivity contribution is 7.92. The summed E-state index contributed by atoms with van der Waals surface area (Å²) in [5, 5.41) is 2.87. The lowest BCUT2D eigenvalue weighted by Crippen LogP contribution is -2.31. The minimum Gasteiger partial charge on any atom is -0.357 e. The van der Waals surface area contributed by atoms with E-state index in [2.05, 4.69) is 27.3 Å². The Morgan fingerprint density at radius 1 is 1.21 bits per heavy atom. The Morgan fingerprint density at radius 2 is 1.87 bits per heavy atom. The minimum atomic E-state index is -3.42. The zero-order valence-corrected chi connectivity index (χ0v) is 23.3. The van der Waals surface area contributed by atoms with E-state index in [1.54, 1.807) is 43.3 Å². The van der Waals surface area contributed by atoms with Crippen molar-refractivity contribution in [2.45, 2.75) is 40.3 Å². The van der Waals surface area contributed by atoms with Gasteiger partial charge in [-0.05, 0) is 63.6 Å². The van der Waals surface area contributed by atoms with Gasteiger partial charge < -0.3 is 15.2 Å². The van der Waals surface area contributed by atoms with Crippen LogP contribution in [0.5, 0.6) is 0 Å². The number of nitrogens with zero attached hydrogens (tertiary/aromatic N) is 2. The van der Waals surface area contributed by atoms with Gasteiger partial charge >= 0.3 is 0 Å². The smallest absolute Gasteiger partial charge is 0.253 e. The zero-order valence-electron chi connectivity index (χ0n) is 22.5. The number of rotatable bonds is 9. The van der Waals surface area contributed by atoms with Crippen molar-refractivity contribution in [2.24, 2.45) is 0 Å². The minimum absolute atomic E-state index is 0.0520. The van der Waals surface area contributed by atoms with Crippen LogP contribution < -0.4 is 20.5 Å². The molecule has 1 aromatic carbocycles. The van der Waals surface area contributed by atoms with Crippen LogP contribution in [0.4, 0.5) is 11.5 Å². The number of aromatic nitrogens is 2. The summed E-state index contributed by atoms with van der Waals surface area (Å²) in [7, 11) is -1.53. The zero-order chi connectivity index (χ0) is 28.2. The highest BCUT2D eigenvalue weighted by Gasteiger charge is 2.21. The number of anilines is 2. The van der Waals surface area contributed by atoms with Crippen molar-refractivity contribution in [1.29, 1.82) is 0 Å². The number of carbonyl (C=O) groups is 1. The van der Waals surface area contributed by atoms with Crippen LogP contribution in [0.3, 0.4) is 0 Å². The average Bonchev–Trinajstić information content (AvgIpc) is 2.82. The highest BCUT2D eigenvalue weighted by Crippen LogP contribution is 2.30. The Morgan fingerprint density at radius 3 is 2.42 bits per heavy atom. The lowest BCUT2D eigenvalue weighted by atomic mass is 10.0. The number of nitrogens with one attached hydrogen (secondary N) is 3. The van der Waals surface area contributed by atoms with E-state index in [1.165, 1.54) is 0 Å². The molecule has 2 aromatic heterocycles. The van der Waals surface area contributed by atoms with Gasteiger partial charge in [0.15, 0.2) is 0 Å². The monoisotopic (exact) mass is 535 g/mol.